The Kier molecular flexibility index (Phi) is 8.58. The molecule has 3 fully saturated rings. The van der Waals surface area contributed by atoms with Gasteiger partial charge in [0.15, 0.2) is 23.3 Å². The van der Waals surface area contributed by atoms with Crippen molar-refractivity contribution in [3.63, 3.8) is 0 Å². The molecule has 0 unspecified atom stereocenters. The summed E-state index contributed by atoms with van der Waals surface area (Å²) in [6.07, 6.45) is 13.3. The van der Waals surface area contributed by atoms with Crippen LogP contribution in [0.25, 0.3) is 6.08 Å². The molecule has 1 heterocycles. The fourth-order valence-electron chi connectivity index (χ4n) is 4.85. The third-order valence-corrected chi connectivity index (χ3v) is 8.12. The summed E-state index contributed by atoms with van der Waals surface area (Å²) in [5.41, 5.74) is 0.768. The van der Waals surface area contributed by atoms with Gasteiger partial charge in [0, 0.05) is 6.04 Å². The van der Waals surface area contributed by atoms with Crippen LogP contribution < -0.4 is 9.47 Å². The summed E-state index contributed by atoms with van der Waals surface area (Å²) < 4.78 is 11.4. The molecule has 3 aliphatic rings. The van der Waals surface area contributed by atoms with Crippen LogP contribution in [-0.2, 0) is 9.59 Å². The predicted octanol–water partition coefficient (Wildman–Crippen LogP) is 5.86. The third kappa shape index (κ3) is 5.97. The summed E-state index contributed by atoms with van der Waals surface area (Å²) >= 11 is 4.92. The number of aliphatic carboxylic acids is 1. The van der Waals surface area contributed by atoms with E-state index in [9.17, 15) is 9.59 Å². The molecule has 0 atom stereocenters. The lowest BCUT2D eigenvalue weighted by Gasteiger charge is -2.31. The van der Waals surface area contributed by atoms with Crippen LogP contribution in [0.2, 0.25) is 0 Å². The highest BCUT2D eigenvalue weighted by Crippen LogP contribution is 2.41. The summed E-state index contributed by atoms with van der Waals surface area (Å²) in [4.78, 5) is 32.2. The Morgan fingerprint density at radius 2 is 1.85 bits per heavy atom. The smallest absolute Gasteiger partial charge is 0.341 e. The lowest BCUT2D eigenvalue weighted by Crippen LogP contribution is -2.41. The molecule has 4 rings (SSSR count). The molecule has 1 aromatic rings. The molecule has 34 heavy (non-hydrogen) atoms. The standard InChI is InChI=1S/C25H31BrN2O5S/c1-32-20-13-16(12-19(26)23(20)33-15-22(29)30)14-21-24(31)28(18-10-6-3-7-11-18)25(34-21)27-17-8-4-2-5-9-17/h12-14,17-18H,2-11,15H2,1H3,(H,29,30). The number of carbonyl (C=O) groups is 2. The molecule has 0 bridgehead atoms. The van der Waals surface area contributed by atoms with Crippen molar-refractivity contribution < 1.29 is 24.2 Å². The van der Waals surface area contributed by atoms with Gasteiger partial charge in [-0.1, -0.05) is 38.5 Å². The van der Waals surface area contributed by atoms with Gasteiger partial charge in [-0.05, 0) is 77.1 Å². The fraction of sp³-hybridized carbons (Fsp3) is 0.560. The first-order valence-electron chi connectivity index (χ1n) is 12.0. The predicted molar refractivity (Wildman–Crippen MR) is 137 cm³/mol. The third-order valence-electron chi connectivity index (χ3n) is 6.53. The summed E-state index contributed by atoms with van der Waals surface area (Å²) in [5, 5.41) is 9.78. The summed E-state index contributed by atoms with van der Waals surface area (Å²) in [5.74, 6) is -0.326. The van der Waals surface area contributed by atoms with Gasteiger partial charge in [0.25, 0.3) is 5.91 Å². The minimum atomic E-state index is -1.07. The molecule has 2 aliphatic carbocycles. The number of carboxylic acid groups (broad SMARTS) is 1. The van der Waals surface area contributed by atoms with E-state index in [1.807, 2.05) is 17.0 Å². The first kappa shape index (κ1) is 25.1. The van der Waals surface area contributed by atoms with Gasteiger partial charge in [0.2, 0.25) is 0 Å². The molecule has 1 aromatic carbocycles. The number of carboxylic acids is 1. The highest BCUT2D eigenvalue weighted by atomic mass is 79.9. The van der Waals surface area contributed by atoms with E-state index in [0.29, 0.717) is 26.9 Å². The second kappa shape index (κ2) is 11.6. The van der Waals surface area contributed by atoms with E-state index in [4.69, 9.17) is 19.6 Å². The molecule has 7 nitrogen and oxygen atoms in total. The SMILES string of the molecule is COc1cc(C=C2SC(=NC3CCCCC3)N(C3CCCCC3)C2=O)cc(Br)c1OCC(=O)O. The highest BCUT2D eigenvalue weighted by molar-refractivity contribution is 9.10. The lowest BCUT2D eigenvalue weighted by atomic mass is 9.94. The number of thioether (sulfide) groups is 1. The number of carbonyl (C=O) groups excluding carboxylic acids is 1. The molecule has 1 N–H and O–H groups in total. The van der Waals surface area contributed by atoms with Gasteiger partial charge in [-0.2, -0.15) is 0 Å². The second-order valence-corrected chi connectivity index (χ2v) is 10.9. The van der Waals surface area contributed by atoms with Crippen molar-refractivity contribution in [2.75, 3.05) is 13.7 Å². The van der Waals surface area contributed by atoms with Crippen molar-refractivity contribution in [3.05, 3.63) is 27.1 Å². The maximum absolute atomic E-state index is 13.6. The van der Waals surface area contributed by atoms with Gasteiger partial charge in [-0.3, -0.25) is 14.7 Å². The van der Waals surface area contributed by atoms with Crippen molar-refractivity contribution >= 4 is 50.8 Å². The molecule has 1 saturated heterocycles. The van der Waals surface area contributed by atoms with Gasteiger partial charge in [-0.15, -0.1) is 0 Å². The van der Waals surface area contributed by atoms with Gasteiger partial charge >= 0.3 is 5.97 Å². The van der Waals surface area contributed by atoms with E-state index in [0.717, 1.165) is 49.3 Å². The maximum Gasteiger partial charge on any atom is 0.341 e. The van der Waals surface area contributed by atoms with Crippen LogP contribution in [-0.4, -0.2) is 52.9 Å². The largest absolute Gasteiger partial charge is 0.493 e. The van der Waals surface area contributed by atoms with E-state index in [1.54, 1.807) is 6.07 Å². The van der Waals surface area contributed by atoms with Crippen molar-refractivity contribution in [2.24, 2.45) is 4.99 Å². The van der Waals surface area contributed by atoms with Crippen LogP contribution in [0.1, 0.15) is 69.8 Å². The van der Waals surface area contributed by atoms with Crippen LogP contribution in [0.15, 0.2) is 26.5 Å². The number of hydrogen-bond acceptors (Lipinski definition) is 6. The van der Waals surface area contributed by atoms with Crippen LogP contribution in [0, 0.1) is 0 Å². The van der Waals surface area contributed by atoms with Crippen LogP contribution in [0.5, 0.6) is 11.5 Å². The van der Waals surface area contributed by atoms with Crippen molar-refractivity contribution in [1.29, 1.82) is 0 Å². The Hall–Kier alpha value is -2.00. The first-order chi connectivity index (χ1) is 16.5. The monoisotopic (exact) mass is 550 g/mol. The minimum Gasteiger partial charge on any atom is -0.493 e. The van der Waals surface area contributed by atoms with Gasteiger partial charge in [-0.25, -0.2) is 4.79 Å². The number of amidine groups is 1. The van der Waals surface area contributed by atoms with Gasteiger partial charge in [0.1, 0.15) is 0 Å². The molecule has 184 valence electrons. The average molecular weight is 552 g/mol. The highest BCUT2D eigenvalue weighted by Gasteiger charge is 2.39. The Labute approximate surface area is 213 Å². The molecule has 1 aliphatic heterocycles. The first-order valence-corrected chi connectivity index (χ1v) is 13.6. The summed E-state index contributed by atoms with van der Waals surface area (Å²) in [7, 11) is 1.50. The fourth-order valence-corrected chi connectivity index (χ4v) is 6.54. The Morgan fingerprint density at radius 3 is 2.50 bits per heavy atom. The molecule has 1 amide bonds. The number of rotatable bonds is 7. The summed E-state index contributed by atoms with van der Waals surface area (Å²) in [6.45, 7) is -0.471. The zero-order valence-electron chi connectivity index (χ0n) is 19.4. The zero-order chi connectivity index (χ0) is 24.1. The van der Waals surface area contributed by atoms with Crippen LogP contribution >= 0.6 is 27.7 Å². The molecular formula is C25H31BrN2O5S. The van der Waals surface area contributed by atoms with Crippen LogP contribution in [0.4, 0.5) is 0 Å². The van der Waals surface area contributed by atoms with Crippen molar-refractivity contribution in [3.8, 4) is 11.5 Å². The van der Waals surface area contributed by atoms with Gasteiger partial charge < -0.3 is 14.6 Å². The maximum atomic E-state index is 13.6. The quantitative estimate of drug-likeness (QED) is 0.428. The van der Waals surface area contributed by atoms with E-state index in [1.165, 1.54) is 44.6 Å². The number of benzene rings is 1. The lowest BCUT2D eigenvalue weighted by molar-refractivity contribution is -0.139. The normalized spacial score (nSPS) is 22.5. The number of aliphatic imine (C=N–C) groups is 1. The van der Waals surface area contributed by atoms with Gasteiger partial charge in [0.05, 0.1) is 22.5 Å². The number of hydrogen-bond donors (Lipinski definition) is 1. The molecule has 9 heteroatoms. The van der Waals surface area contributed by atoms with E-state index < -0.39 is 12.6 Å². The molecular weight excluding hydrogens is 520 g/mol. The second-order valence-electron chi connectivity index (χ2n) is 9.00. The van der Waals surface area contributed by atoms with E-state index >= 15 is 0 Å². The summed E-state index contributed by atoms with van der Waals surface area (Å²) in [6, 6.07) is 4.08. The number of methoxy groups -OCH3 is 1. The molecule has 0 radical (unpaired) electrons. The Bertz CT molecular complexity index is 984. The Morgan fingerprint density at radius 1 is 1.18 bits per heavy atom. The van der Waals surface area contributed by atoms with Crippen LogP contribution in [0.3, 0.4) is 0 Å². The minimum absolute atomic E-state index is 0.0211. The number of halogens is 1. The molecule has 0 aromatic heterocycles. The topological polar surface area (TPSA) is 88.4 Å². The number of amides is 1. The molecule has 2 saturated carbocycles. The zero-order valence-corrected chi connectivity index (χ0v) is 21.8. The average Bonchev–Trinajstić information content (AvgIpc) is 3.13. The van der Waals surface area contributed by atoms with E-state index in [-0.39, 0.29) is 11.9 Å². The molecule has 0 spiro atoms. The number of nitrogens with zero attached hydrogens (tertiary/aromatic N) is 2. The van der Waals surface area contributed by atoms with Crippen molar-refractivity contribution in [2.45, 2.75) is 76.3 Å². The Balaban J connectivity index is 1.63. The van der Waals surface area contributed by atoms with E-state index in [2.05, 4.69) is 15.9 Å². The number of ether oxygens (including phenoxy) is 2. The van der Waals surface area contributed by atoms with Crippen molar-refractivity contribution in [1.82, 2.24) is 4.90 Å².